The Morgan fingerprint density at radius 1 is 1.48 bits per heavy atom. The number of aromatic nitrogens is 1. The number of aryl methyl sites for hydroxylation is 1. The molecule has 2 amide bonds. The van der Waals surface area contributed by atoms with Gasteiger partial charge in [0.15, 0.2) is 5.76 Å². The first-order valence-electron chi connectivity index (χ1n) is 7.68. The Morgan fingerprint density at radius 3 is 2.95 bits per heavy atom. The van der Waals surface area contributed by atoms with Crippen molar-refractivity contribution in [3.63, 3.8) is 0 Å². The molecule has 2 heterocycles. The smallest absolute Gasteiger partial charge is 0.315 e. The number of ether oxygens (including phenoxy) is 1. The Balaban J connectivity index is 1.70. The number of nitrogens with one attached hydrogen (secondary N) is 2. The summed E-state index contributed by atoms with van der Waals surface area (Å²) in [4.78, 5) is 11.8. The monoisotopic (exact) mass is 295 g/mol. The lowest BCUT2D eigenvalue weighted by molar-refractivity contribution is 0.0545. The summed E-state index contributed by atoms with van der Waals surface area (Å²) in [5, 5.41) is 9.58. The molecule has 1 aliphatic heterocycles. The van der Waals surface area contributed by atoms with Gasteiger partial charge in [-0.15, -0.1) is 0 Å². The standard InChI is InChI=1S/C15H25N3O3/c1-4-12-7-13(21-18-12)9-17-15(19)16-8-11-5-6-20-14(11)10(2)3/h7,10-11,14H,4-6,8-9H2,1-3H3,(H2,16,17,19)/t11-,14-/m0/s1. The van der Waals surface area contributed by atoms with Gasteiger partial charge in [-0.05, 0) is 18.8 Å². The molecule has 118 valence electrons. The van der Waals surface area contributed by atoms with E-state index in [0.717, 1.165) is 25.1 Å². The van der Waals surface area contributed by atoms with E-state index in [2.05, 4.69) is 29.6 Å². The van der Waals surface area contributed by atoms with E-state index in [-0.39, 0.29) is 12.1 Å². The normalized spacial score (nSPS) is 21.7. The minimum Gasteiger partial charge on any atom is -0.378 e. The molecule has 2 rings (SSSR count). The maximum Gasteiger partial charge on any atom is 0.315 e. The lowest BCUT2D eigenvalue weighted by Gasteiger charge is -2.22. The van der Waals surface area contributed by atoms with E-state index in [9.17, 15) is 4.79 Å². The van der Waals surface area contributed by atoms with Crippen LogP contribution in [0.5, 0.6) is 0 Å². The lowest BCUT2D eigenvalue weighted by atomic mass is 9.93. The summed E-state index contributed by atoms with van der Waals surface area (Å²) in [5.41, 5.74) is 0.898. The largest absolute Gasteiger partial charge is 0.378 e. The fourth-order valence-electron chi connectivity index (χ4n) is 2.67. The van der Waals surface area contributed by atoms with Crippen LogP contribution in [0.25, 0.3) is 0 Å². The van der Waals surface area contributed by atoms with Gasteiger partial charge in [0.25, 0.3) is 0 Å². The zero-order valence-electron chi connectivity index (χ0n) is 13.0. The molecule has 1 saturated heterocycles. The number of urea groups is 1. The van der Waals surface area contributed by atoms with Gasteiger partial charge < -0.3 is 19.9 Å². The molecule has 0 bridgehead atoms. The Labute approximate surface area is 125 Å². The van der Waals surface area contributed by atoms with Crippen molar-refractivity contribution in [2.24, 2.45) is 11.8 Å². The highest BCUT2D eigenvalue weighted by molar-refractivity contribution is 5.73. The molecule has 0 aliphatic carbocycles. The van der Waals surface area contributed by atoms with E-state index in [4.69, 9.17) is 9.26 Å². The van der Waals surface area contributed by atoms with Crippen LogP contribution in [0.3, 0.4) is 0 Å². The van der Waals surface area contributed by atoms with E-state index in [0.29, 0.717) is 30.7 Å². The number of hydrogen-bond acceptors (Lipinski definition) is 4. The Morgan fingerprint density at radius 2 is 2.29 bits per heavy atom. The molecular weight excluding hydrogens is 270 g/mol. The molecular formula is C15H25N3O3. The molecule has 0 radical (unpaired) electrons. The van der Waals surface area contributed by atoms with Crippen molar-refractivity contribution >= 4 is 6.03 Å². The summed E-state index contributed by atoms with van der Waals surface area (Å²) in [5.74, 6) is 1.54. The highest BCUT2D eigenvalue weighted by atomic mass is 16.5. The Bertz CT molecular complexity index is 459. The van der Waals surface area contributed by atoms with E-state index >= 15 is 0 Å². The average Bonchev–Trinajstić information content (AvgIpc) is 3.11. The second kappa shape index (κ2) is 7.45. The van der Waals surface area contributed by atoms with Gasteiger partial charge in [-0.1, -0.05) is 25.9 Å². The minimum absolute atomic E-state index is 0.182. The molecule has 0 unspecified atom stereocenters. The van der Waals surface area contributed by atoms with Crippen LogP contribution in [0.2, 0.25) is 0 Å². The van der Waals surface area contributed by atoms with Gasteiger partial charge in [-0.25, -0.2) is 4.79 Å². The van der Waals surface area contributed by atoms with Crippen LogP contribution in [0, 0.1) is 11.8 Å². The fourth-order valence-corrected chi connectivity index (χ4v) is 2.67. The zero-order chi connectivity index (χ0) is 15.2. The second-order valence-electron chi connectivity index (χ2n) is 5.83. The third-order valence-corrected chi connectivity index (χ3v) is 3.84. The number of nitrogens with zero attached hydrogens (tertiary/aromatic N) is 1. The number of rotatable bonds is 6. The highest BCUT2D eigenvalue weighted by Crippen LogP contribution is 2.25. The van der Waals surface area contributed by atoms with Crippen LogP contribution in [0.15, 0.2) is 10.6 Å². The quantitative estimate of drug-likeness (QED) is 0.842. The average molecular weight is 295 g/mol. The van der Waals surface area contributed by atoms with Crippen molar-refractivity contribution in [2.75, 3.05) is 13.2 Å². The van der Waals surface area contributed by atoms with Crippen LogP contribution in [-0.2, 0) is 17.7 Å². The van der Waals surface area contributed by atoms with E-state index in [1.807, 2.05) is 13.0 Å². The summed E-state index contributed by atoms with van der Waals surface area (Å²) >= 11 is 0. The van der Waals surface area contributed by atoms with Crippen LogP contribution in [0.1, 0.15) is 38.6 Å². The predicted molar refractivity (Wildman–Crippen MR) is 78.8 cm³/mol. The van der Waals surface area contributed by atoms with Gasteiger partial charge in [0, 0.05) is 25.1 Å². The molecule has 1 fully saturated rings. The number of hydrogen-bond donors (Lipinski definition) is 2. The van der Waals surface area contributed by atoms with Crippen molar-refractivity contribution in [1.29, 1.82) is 0 Å². The number of carbonyl (C=O) groups excluding carboxylic acids is 1. The van der Waals surface area contributed by atoms with Gasteiger partial charge in [0.2, 0.25) is 0 Å². The molecule has 1 aromatic heterocycles. The van der Waals surface area contributed by atoms with Crippen LogP contribution in [-0.4, -0.2) is 30.4 Å². The molecule has 0 saturated carbocycles. The van der Waals surface area contributed by atoms with Gasteiger partial charge >= 0.3 is 6.03 Å². The first-order chi connectivity index (χ1) is 10.1. The molecule has 2 atom stereocenters. The molecule has 6 heteroatoms. The zero-order valence-corrected chi connectivity index (χ0v) is 13.0. The van der Waals surface area contributed by atoms with Gasteiger partial charge in [0.1, 0.15) is 0 Å². The molecule has 6 nitrogen and oxygen atoms in total. The third-order valence-electron chi connectivity index (χ3n) is 3.84. The van der Waals surface area contributed by atoms with Crippen LogP contribution >= 0.6 is 0 Å². The topological polar surface area (TPSA) is 76.4 Å². The van der Waals surface area contributed by atoms with E-state index in [1.165, 1.54) is 0 Å². The number of carbonyl (C=O) groups is 1. The summed E-state index contributed by atoms with van der Waals surface area (Å²) in [6, 6.07) is 1.68. The SMILES string of the molecule is CCc1cc(CNC(=O)NC[C@@H]2CCO[C@H]2C(C)C)on1. The van der Waals surface area contributed by atoms with Crippen molar-refractivity contribution in [3.8, 4) is 0 Å². The summed E-state index contributed by atoms with van der Waals surface area (Å²) in [6.45, 7) is 8.10. The van der Waals surface area contributed by atoms with Gasteiger partial charge in [-0.3, -0.25) is 0 Å². The highest BCUT2D eigenvalue weighted by Gasteiger charge is 2.30. The first kappa shape index (κ1) is 15.8. The maximum absolute atomic E-state index is 11.8. The predicted octanol–water partition coefficient (Wildman–Crippen LogP) is 2.10. The van der Waals surface area contributed by atoms with Gasteiger partial charge in [-0.2, -0.15) is 0 Å². The first-order valence-corrected chi connectivity index (χ1v) is 7.68. The van der Waals surface area contributed by atoms with Crippen molar-refractivity contribution in [2.45, 2.75) is 46.3 Å². The van der Waals surface area contributed by atoms with Crippen molar-refractivity contribution < 1.29 is 14.1 Å². The molecule has 1 aliphatic rings. The van der Waals surface area contributed by atoms with Crippen molar-refractivity contribution in [1.82, 2.24) is 15.8 Å². The van der Waals surface area contributed by atoms with E-state index in [1.54, 1.807) is 0 Å². The molecule has 0 spiro atoms. The van der Waals surface area contributed by atoms with Gasteiger partial charge in [0.05, 0.1) is 18.3 Å². The fraction of sp³-hybridized carbons (Fsp3) is 0.733. The molecule has 2 N–H and O–H groups in total. The lowest BCUT2D eigenvalue weighted by Crippen LogP contribution is -2.40. The Kier molecular flexibility index (Phi) is 5.61. The maximum atomic E-state index is 11.8. The Hall–Kier alpha value is -1.56. The second-order valence-corrected chi connectivity index (χ2v) is 5.83. The van der Waals surface area contributed by atoms with Crippen LogP contribution in [0.4, 0.5) is 4.79 Å². The van der Waals surface area contributed by atoms with Crippen molar-refractivity contribution in [3.05, 3.63) is 17.5 Å². The third kappa shape index (κ3) is 4.46. The van der Waals surface area contributed by atoms with E-state index < -0.39 is 0 Å². The molecule has 0 aromatic carbocycles. The molecule has 1 aromatic rings. The summed E-state index contributed by atoms with van der Waals surface area (Å²) < 4.78 is 10.8. The molecule has 21 heavy (non-hydrogen) atoms. The summed E-state index contributed by atoms with van der Waals surface area (Å²) in [7, 11) is 0. The number of amides is 2. The van der Waals surface area contributed by atoms with Crippen LogP contribution < -0.4 is 10.6 Å². The summed E-state index contributed by atoms with van der Waals surface area (Å²) in [6.07, 6.45) is 2.07. The minimum atomic E-state index is -0.182.